The van der Waals surface area contributed by atoms with Crippen LogP contribution in [-0.2, 0) is 33.3 Å². The molecule has 0 spiro atoms. The molecule has 0 amide bonds. The first-order valence-corrected chi connectivity index (χ1v) is 8.73. The summed E-state index contributed by atoms with van der Waals surface area (Å²) in [6.07, 6.45) is -6.54. The van der Waals surface area contributed by atoms with Gasteiger partial charge in [-0.1, -0.05) is 0 Å². The normalized spacial score (nSPS) is 36.5. The third-order valence-corrected chi connectivity index (χ3v) is 5.03. The average molecular weight is 422 g/mol. The maximum Gasteiger partial charge on any atom is 0.340 e. The van der Waals surface area contributed by atoms with Crippen molar-refractivity contribution in [3.8, 4) is 0 Å². The van der Waals surface area contributed by atoms with Gasteiger partial charge in [0, 0.05) is 6.42 Å². The molecule has 29 heavy (non-hydrogen) atoms. The number of rotatable bonds is 8. The smallest absolute Gasteiger partial charge is 0.340 e. The zero-order valence-corrected chi connectivity index (χ0v) is 16.1. The lowest BCUT2D eigenvalue weighted by Gasteiger charge is -2.42. The van der Waals surface area contributed by atoms with Gasteiger partial charge in [0.05, 0.1) is 44.7 Å². The summed E-state index contributed by atoms with van der Waals surface area (Å²) in [5.74, 6) is -3.45. The highest BCUT2D eigenvalue weighted by molar-refractivity contribution is 5.76. The number of methoxy groups -OCH3 is 2. The molecule has 1 saturated carbocycles. The number of carbonyl (C=O) groups excluding carboxylic acids is 2. The predicted molar refractivity (Wildman–Crippen MR) is 90.6 cm³/mol. The van der Waals surface area contributed by atoms with E-state index in [-0.39, 0.29) is 6.42 Å². The standard InChI is InChI=1S/C17H26O12/c1-16(23)6-9(19)17(24)4-5-27-15(11(16)17)29-14(10(20)13(22)26-3)28-8(7-18)12(21)25-2/h4-5,8-11,14-15,18-20,23-24H,6-7H2,1-3H3/t8-,9+,10-,11+,14+,15-,16-,17+/m0/s1. The molecule has 8 atom stereocenters. The SMILES string of the molecule is COC(=O)[C@H](CO)O[C@H](O[C@@H]1OC=C[C@@]2(O)[C@H](O)C[C@](C)(O)[C@@H]12)[C@@H](O)C(=O)OC. The van der Waals surface area contributed by atoms with Crippen LogP contribution in [0.3, 0.4) is 0 Å². The number of hydrogen-bond donors (Lipinski definition) is 5. The number of esters is 2. The molecule has 0 aromatic heterocycles. The second-order valence-corrected chi connectivity index (χ2v) is 7.05. The molecule has 12 nitrogen and oxygen atoms in total. The van der Waals surface area contributed by atoms with Crippen molar-refractivity contribution < 1.29 is 58.8 Å². The van der Waals surface area contributed by atoms with Crippen LogP contribution in [0.4, 0.5) is 0 Å². The van der Waals surface area contributed by atoms with Crippen LogP contribution in [0.15, 0.2) is 12.3 Å². The molecule has 0 aromatic carbocycles. The van der Waals surface area contributed by atoms with Crippen LogP contribution in [0.1, 0.15) is 13.3 Å². The van der Waals surface area contributed by atoms with Crippen molar-refractivity contribution in [2.75, 3.05) is 20.8 Å². The number of aliphatic hydroxyl groups excluding tert-OH is 3. The molecule has 1 heterocycles. The number of hydrogen-bond acceptors (Lipinski definition) is 12. The van der Waals surface area contributed by atoms with E-state index in [0.29, 0.717) is 0 Å². The van der Waals surface area contributed by atoms with Crippen molar-refractivity contribution in [2.45, 2.75) is 55.4 Å². The van der Waals surface area contributed by atoms with Crippen molar-refractivity contribution in [3.63, 3.8) is 0 Å². The Kier molecular flexibility index (Phi) is 7.22. The van der Waals surface area contributed by atoms with Crippen molar-refractivity contribution in [1.29, 1.82) is 0 Å². The molecule has 0 saturated heterocycles. The highest BCUT2D eigenvalue weighted by atomic mass is 16.8. The first-order valence-electron chi connectivity index (χ1n) is 8.73. The third-order valence-electron chi connectivity index (χ3n) is 5.03. The van der Waals surface area contributed by atoms with E-state index in [9.17, 15) is 35.1 Å². The van der Waals surface area contributed by atoms with Crippen molar-refractivity contribution in [3.05, 3.63) is 12.3 Å². The van der Waals surface area contributed by atoms with E-state index in [1.54, 1.807) is 0 Å². The fourth-order valence-electron chi connectivity index (χ4n) is 3.54. The van der Waals surface area contributed by atoms with Crippen LogP contribution < -0.4 is 0 Å². The van der Waals surface area contributed by atoms with Crippen molar-refractivity contribution in [1.82, 2.24) is 0 Å². The summed E-state index contributed by atoms with van der Waals surface area (Å²) in [4.78, 5) is 23.5. The van der Waals surface area contributed by atoms with Gasteiger partial charge in [0.1, 0.15) is 5.60 Å². The Morgan fingerprint density at radius 1 is 1.24 bits per heavy atom. The minimum Gasteiger partial charge on any atom is -0.472 e. The van der Waals surface area contributed by atoms with E-state index >= 15 is 0 Å². The molecule has 1 fully saturated rings. The van der Waals surface area contributed by atoms with Crippen molar-refractivity contribution >= 4 is 11.9 Å². The molecule has 2 rings (SSSR count). The molecule has 2 aliphatic rings. The fraction of sp³-hybridized carbons (Fsp3) is 0.765. The first-order chi connectivity index (χ1) is 13.5. The Bertz CT molecular complexity index is 634. The van der Waals surface area contributed by atoms with Crippen LogP contribution >= 0.6 is 0 Å². The van der Waals surface area contributed by atoms with Crippen LogP contribution in [-0.4, -0.2) is 100 Å². The third kappa shape index (κ3) is 4.53. The van der Waals surface area contributed by atoms with Gasteiger partial charge in [-0.3, -0.25) is 0 Å². The summed E-state index contributed by atoms with van der Waals surface area (Å²) in [5, 5.41) is 51.1. The molecule has 0 unspecified atom stereocenters. The molecule has 166 valence electrons. The maximum absolute atomic E-state index is 11.8. The minimum absolute atomic E-state index is 0.214. The Balaban J connectivity index is 2.31. The Hall–Kier alpha value is -1.80. The predicted octanol–water partition coefficient (Wildman–Crippen LogP) is -2.85. The summed E-state index contributed by atoms with van der Waals surface area (Å²) in [6, 6.07) is 0. The lowest BCUT2D eigenvalue weighted by molar-refractivity contribution is -0.311. The molecule has 12 heteroatoms. The van der Waals surface area contributed by atoms with Gasteiger partial charge < -0.3 is 49.2 Å². The van der Waals surface area contributed by atoms with E-state index in [2.05, 4.69) is 9.47 Å². The zero-order valence-electron chi connectivity index (χ0n) is 16.1. The Morgan fingerprint density at radius 3 is 2.41 bits per heavy atom. The van der Waals surface area contributed by atoms with E-state index in [1.807, 2.05) is 0 Å². The van der Waals surface area contributed by atoms with Crippen LogP contribution in [0.25, 0.3) is 0 Å². The average Bonchev–Trinajstić information content (AvgIpc) is 2.87. The van der Waals surface area contributed by atoms with E-state index in [4.69, 9.17) is 14.2 Å². The Morgan fingerprint density at radius 2 is 1.86 bits per heavy atom. The lowest BCUT2D eigenvalue weighted by atomic mass is 9.81. The summed E-state index contributed by atoms with van der Waals surface area (Å²) < 4.78 is 24.8. The van der Waals surface area contributed by atoms with Gasteiger partial charge in [0.15, 0.2) is 12.4 Å². The van der Waals surface area contributed by atoms with Crippen LogP contribution in [0, 0.1) is 5.92 Å². The molecule has 1 aliphatic heterocycles. The molecule has 1 aliphatic carbocycles. The number of carbonyl (C=O) groups is 2. The number of fused-ring (bicyclic) bond motifs is 1. The topological polar surface area (TPSA) is 181 Å². The van der Waals surface area contributed by atoms with Gasteiger partial charge >= 0.3 is 11.9 Å². The summed E-state index contributed by atoms with van der Waals surface area (Å²) in [5.41, 5.74) is -3.59. The molecule has 5 N–H and O–H groups in total. The largest absolute Gasteiger partial charge is 0.472 e. The molecule has 0 aromatic rings. The highest BCUT2D eigenvalue weighted by Gasteiger charge is 2.64. The zero-order chi connectivity index (χ0) is 22.0. The molecular formula is C17H26O12. The Labute approximate surface area is 166 Å². The van der Waals surface area contributed by atoms with Gasteiger partial charge in [-0.05, 0) is 13.0 Å². The van der Waals surface area contributed by atoms with E-state index < -0.39 is 66.6 Å². The van der Waals surface area contributed by atoms with Gasteiger partial charge in [-0.2, -0.15) is 0 Å². The lowest BCUT2D eigenvalue weighted by Crippen LogP contribution is -2.56. The summed E-state index contributed by atoms with van der Waals surface area (Å²) in [6.45, 7) is 0.477. The summed E-state index contributed by atoms with van der Waals surface area (Å²) >= 11 is 0. The first kappa shape index (κ1) is 23.5. The second-order valence-electron chi connectivity index (χ2n) is 7.05. The second kappa shape index (κ2) is 8.92. The number of ether oxygens (including phenoxy) is 5. The van der Waals surface area contributed by atoms with E-state index in [0.717, 1.165) is 26.6 Å². The van der Waals surface area contributed by atoms with Gasteiger partial charge in [-0.15, -0.1) is 0 Å². The quantitative estimate of drug-likeness (QED) is 0.200. The van der Waals surface area contributed by atoms with Gasteiger partial charge in [0.25, 0.3) is 0 Å². The van der Waals surface area contributed by atoms with Crippen molar-refractivity contribution in [2.24, 2.45) is 5.92 Å². The molecule has 0 radical (unpaired) electrons. The van der Waals surface area contributed by atoms with Crippen LogP contribution in [0.2, 0.25) is 0 Å². The maximum atomic E-state index is 11.8. The molecule has 0 bridgehead atoms. The van der Waals surface area contributed by atoms with E-state index in [1.165, 1.54) is 6.92 Å². The summed E-state index contributed by atoms with van der Waals surface area (Å²) in [7, 11) is 2.02. The van der Waals surface area contributed by atoms with Crippen LogP contribution in [0.5, 0.6) is 0 Å². The van der Waals surface area contributed by atoms with Gasteiger partial charge in [0.2, 0.25) is 12.4 Å². The fourth-order valence-corrected chi connectivity index (χ4v) is 3.54. The van der Waals surface area contributed by atoms with Gasteiger partial charge in [-0.25, -0.2) is 9.59 Å². The highest BCUT2D eigenvalue weighted by Crippen LogP contribution is 2.49. The monoisotopic (exact) mass is 422 g/mol. The number of aliphatic hydroxyl groups is 5. The molecular weight excluding hydrogens is 396 g/mol. The minimum atomic E-state index is -2.09.